The van der Waals surface area contributed by atoms with E-state index in [1.807, 2.05) is 19.9 Å². The summed E-state index contributed by atoms with van der Waals surface area (Å²) >= 11 is 0. The first-order valence-electron chi connectivity index (χ1n) is 4.59. The van der Waals surface area contributed by atoms with Crippen molar-refractivity contribution in [3.8, 4) is 11.5 Å². The summed E-state index contributed by atoms with van der Waals surface area (Å²) in [5.41, 5.74) is 6.42. The van der Waals surface area contributed by atoms with E-state index in [0.717, 1.165) is 5.56 Å². The van der Waals surface area contributed by atoms with Gasteiger partial charge in [0.25, 0.3) is 0 Å². The zero-order valence-corrected chi connectivity index (χ0v) is 8.87. The molecule has 0 amide bonds. The molecule has 14 heavy (non-hydrogen) atoms. The Morgan fingerprint density at radius 1 is 1.43 bits per heavy atom. The van der Waals surface area contributed by atoms with Crippen molar-refractivity contribution in [2.75, 3.05) is 13.7 Å². The van der Waals surface area contributed by atoms with Gasteiger partial charge >= 0.3 is 0 Å². The van der Waals surface area contributed by atoms with Crippen LogP contribution >= 0.6 is 0 Å². The Labute approximate surface area is 84.5 Å². The Hall–Kier alpha value is -1.22. The highest BCUT2D eigenvalue weighted by Gasteiger charge is 2.24. The van der Waals surface area contributed by atoms with Crippen LogP contribution in [0.5, 0.6) is 11.5 Å². The number of para-hydroxylation sites is 1. The molecule has 0 aliphatic heterocycles. The van der Waals surface area contributed by atoms with Crippen LogP contribution in [0.3, 0.4) is 0 Å². The van der Waals surface area contributed by atoms with Crippen molar-refractivity contribution in [2.45, 2.75) is 19.3 Å². The minimum Gasteiger partial charge on any atom is -0.504 e. The first kappa shape index (κ1) is 10.9. The molecule has 0 radical (unpaired) electrons. The number of ether oxygens (including phenoxy) is 1. The molecule has 0 saturated carbocycles. The minimum absolute atomic E-state index is 0.159. The van der Waals surface area contributed by atoms with Crippen LogP contribution in [0.1, 0.15) is 19.4 Å². The average molecular weight is 195 g/mol. The maximum atomic E-state index is 9.58. The van der Waals surface area contributed by atoms with E-state index >= 15 is 0 Å². The lowest BCUT2D eigenvalue weighted by atomic mass is 9.84. The molecule has 0 unspecified atom stereocenters. The van der Waals surface area contributed by atoms with Crippen molar-refractivity contribution in [3.05, 3.63) is 23.8 Å². The molecule has 0 saturated heterocycles. The molecule has 78 valence electrons. The molecule has 1 rings (SSSR count). The van der Waals surface area contributed by atoms with Crippen LogP contribution in [0.4, 0.5) is 0 Å². The van der Waals surface area contributed by atoms with Crippen molar-refractivity contribution in [2.24, 2.45) is 5.73 Å². The molecule has 3 nitrogen and oxygen atoms in total. The average Bonchev–Trinajstić information content (AvgIpc) is 2.17. The summed E-state index contributed by atoms with van der Waals surface area (Å²) < 4.78 is 5.16. The third kappa shape index (κ3) is 1.82. The number of benzene rings is 1. The third-order valence-corrected chi connectivity index (χ3v) is 2.44. The first-order chi connectivity index (χ1) is 6.53. The van der Waals surface area contributed by atoms with Crippen molar-refractivity contribution in [3.63, 3.8) is 0 Å². The second kappa shape index (κ2) is 3.88. The molecule has 0 aliphatic carbocycles. The van der Waals surface area contributed by atoms with Crippen LogP contribution in [-0.4, -0.2) is 18.8 Å². The summed E-state index contributed by atoms with van der Waals surface area (Å²) in [4.78, 5) is 0. The van der Waals surface area contributed by atoms with Gasteiger partial charge in [-0.05, 0) is 6.07 Å². The Morgan fingerprint density at radius 3 is 2.57 bits per heavy atom. The second-order valence-electron chi connectivity index (χ2n) is 3.95. The minimum atomic E-state index is -0.190. The van der Waals surface area contributed by atoms with E-state index in [0.29, 0.717) is 12.3 Å². The van der Waals surface area contributed by atoms with Gasteiger partial charge in [0.2, 0.25) is 0 Å². The molecular weight excluding hydrogens is 178 g/mol. The van der Waals surface area contributed by atoms with E-state index in [-0.39, 0.29) is 11.2 Å². The molecule has 0 fully saturated rings. The van der Waals surface area contributed by atoms with Gasteiger partial charge in [-0.3, -0.25) is 0 Å². The molecule has 1 aromatic carbocycles. The van der Waals surface area contributed by atoms with E-state index < -0.39 is 0 Å². The molecule has 3 N–H and O–H groups in total. The van der Waals surface area contributed by atoms with Crippen molar-refractivity contribution < 1.29 is 9.84 Å². The smallest absolute Gasteiger partial charge is 0.164 e. The predicted octanol–water partition coefficient (Wildman–Crippen LogP) is 1.64. The fourth-order valence-electron chi connectivity index (χ4n) is 1.38. The molecule has 0 aromatic heterocycles. The number of phenols is 1. The van der Waals surface area contributed by atoms with Crippen molar-refractivity contribution in [1.82, 2.24) is 0 Å². The normalized spacial score (nSPS) is 11.4. The molecule has 0 bridgehead atoms. The van der Waals surface area contributed by atoms with E-state index in [2.05, 4.69) is 0 Å². The van der Waals surface area contributed by atoms with Crippen LogP contribution in [0.15, 0.2) is 18.2 Å². The monoisotopic (exact) mass is 195 g/mol. The number of hydrogen-bond donors (Lipinski definition) is 2. The Bertz CT molecular complexity index is 321. The van der Waals surface area contributed by atoms with Crippen LogP contribution < -0.4 is 10.5 Å². The van der Waals surface area contributed by atoms with E-state index in [1.165, 1.54) is 0 Å². The van der Waals surface area contributed by atoms with Gasteiger partial charge in [0.1, 0.15) is 0 Å². The SMILES string of the molecule is COc1c(O)cccc1C(C)(C)CN. The van der Waals surface area contributed by atoms with Crippen molar-refractivity contribution in [1.29, 1.82) is 0 Å². The number of methoxy groups -OCH3 is 1. The predicted molar refractivity (Wildman–Crippen MR) is 56.7 cm³/mol. The molecule has 3 heteroatoms. The van der Waals surface area contributed by atoms with Crippen LogP contribution in [0.2, 0.25) is 0 Å². The van der Waals surface area contributed by atoms with E-state index in [1.54, 1.807) is 19.2 Å². The van der Waals surface area contributed by atoms with Gasteiger partial charge in [-0.1, -0.05) is 26.0 Å². The largest absolute Gasteiger partial charge is 0.504 e. The summed E-state index contributed by atoms with van der Waals surface area (Å²) in [5.74, 6) is 0.675. The molecule has 0 heterocycles. The number of nitrogens with two attached hydrogens (primary N) is 1. The zero-order chi connectivity index (χ0) is 10.8. The standard InChI is InChI=1S/C11H17NO2/c1-11(2,7-12)8-5-4-6-9(13)10(8)14-3/h4-6,13H,7,12H2,1-3H3. The Morgan fingerprint density at radius 2 is 2.07 bits per heavy atom. The van der Waals surface area contributed by atoms with Gasteiger partial charge in [-0.25, -0.2) is 0 Å². The van der Waals surface area contributed by atoms with Gasteiger partial charge in [-0.2, -0.15) is 0 Å². The molecule has 0 atom stereocenters. The van der Waals surface area contributed by atoms with Gasteiger partial charge in [-0.15, -0.1) is 0 Å². The summed E-state index contributed by atoms with van der Waals surface area (Å²) in [6.07, 6.45) is 0. The molecule has 0 spiro atoms. The highest BCUT2D eigenvalue weighted by molar-refractivity contribution is 5.48. The number of rotatable bonds is 3. The molecular formula is C11H17NO2. The van der Waals surface area contributed by atoms with Crippen LogP contribution in [-0.2, 0) is 5.41 Å². The highest BCUT2D eigenvalue weighted by atomic mass is 16.5. The van der Waals surface area contributed by atoms with Crippen LogP contribution in [0, 0.1) is 0 Å². The zero-order valence-electron chi connectivity index (χ0n) is 8.87. The summed E-state index contributed by atoms with van der Waals surface area (Å²) in [6, 6.07) is 5.32. The maximum Gasteiger partial charge on any atom is 0.164 e. The third-order valence-electron chi connectivity index (χ3n) is 2.44. The summed E-state index contributed by atoms with van der Waals surface area (Å²) in [5, 5.41) is 9.58. The fourth-order valence-corrected chi connectivity index (χ4v) is 1.38. The topological polar surface area (TPSA) is 55.5 Å². The number of hydrogen-bond acceptors (Lipinski definition) is 3. The quantitative estimate of drug-likeness (QED) is 0.770. The molecule has 1 aromatic rings. The summed E-state index contributed by atoms with van der Waals surface area (Å²) in [6.45, 7) is 4.54. The fraction of sp³-hybridized carbons (Fsp3) is 0.455. The second-order valence-corrected chi connectivity index (χ2v) is 3.95. The lowest BCUT2D eigenvalue weighted by molar-refractivity contribution is 0.358. The van der Waals surface area contributed by atoms with Crippen LogP contribution in [0.25, 0.3) is 0 Å². The molecule has 0 aliphatic rings. The maximum absolute atomic E-state index is 9.58. The Balaban J connectivity index is 3.27. The highest BCUT2D eigenvalue weighted by Crippen LogP contribution is 2.36. The van der Waals surface area contributed by atoms with Gasteiger partial charge in [0.05, 0.1) is 7.11 Å². The first-order valence-corrected chi connectivity index (χ1v) is 4.59. The van der Waals surface area contributed by atoms with Gasteiger partial charge < -0.3 is 15.6 Å². The van der Waals surface area contributed by atoms with Crippen molar-refractivity contribution >= 4 is 0 Å². The lowest BCUT2D eigenvalue weighted by Crippen LogP contribution is -2.28. The number of aromatic hydroxyl groups is 1. The van der Waals surface area contributed by atoms with E-state index in [4.69, 9.17) is 10.5 Å². The number of phenolic OH excluding ortho intramolecular Hbond substituents is 1. The van der Waals surface area contributed by atoms with E-state index in [9.17, 15) is 5.11 Å². The Kier molecular flexibility index (Phi) is 3.01. The van der Waals surface area contributed by atoms with Gasteiger partial charge in [0, 0.05) is 17.5 Å². The van der Waals surface area contributed by atoms with Gasteiger partial charge in [0.15, 0.2) is 11.5 Å². The lowest BCUT2D eigenvalue weighted by Gasteiger charge is -2.25. The summed E-state index contributed by atoms with van der Waals surface area (Å²) in [7, 11) is 1.55.